The fourth-order valence-corrected chi connectivity index (χ4v) is 2.87. The van der Waals surface area contributed by atoms with Crippen molar-refractivity contribution in [2.75, 3.05) is 6.61 Å². The number of hydrogen-bond acceptors (Lipinski definition) is 6. The number of carbonyl (C=O) groups is 1. The summed E-state index contributed by atoms with van der Waals surface area (Å²) < 4.78 is 10.9. The van der Waals surface area contributed by atoms with Gasteiger partial charge in [0.15, 0.2) is 0 Å². The van der Waals surface area contributed by atoms with Crippen molar-refractivity contribution >= 4 is 11.7 Å². The van der Waals surface area contributed by atoms with Gasteiger partial charge in [-0.2, -0.15) is 5.26 Å². The molecule has 1 unspecified atom stereocenters. The van der Waals surface area contributed by atoms with E-state index in [-0.39, 0.29) is 29.4 Å². The Bertz CT molecular complexity index is 912. The van der Waals surface area contributed by atoms with E-state index in [1.54, 1.807) is 31.5 Å². The molecule has 0 saturated heterocycles. The molecule has 2 heterocycles. The molecule has 6 heteroatoms. The van der Waals surface area contributed by atoms with Crippen LogP contribution in [0.2, 0.25) is 0 Å². The quantitative estimate of drug-likeness (QED) is 0.854. The summed E-state index contributed by atoms with van der Waals surface area (Å²) in [6.07, 6.45) is 3.19. The van der Waals surface area contributed by atoms with Crippen molar-refractivity contribution in [1.82, 2.24) is 4.98 Å². The van der Waals surface area contributed by atoms with Crippen molar-refractivity contribution in [3.8, 4) is 6.07 Å². The average Bonchev–Trinajstić information content (AvgIpc) is 2.68. The van der Waals surface area contributed by atoms with Crippen LogP contribution >= 0.6 is 0 Å². The maximum absolute atomic E-state index is 12.8. The SMILES string of the molecule is CCOC(=O)C1=C(c2cccnc2)OC(N)=C(C#N)C1c1ccccc1. The summed E-state index contributed by atoms with van der Waals surface area (Å²) in [4.78, 5) is 16.9. The molecule has 1 aromatic carbocycles. The van der Waals surface area contributed by atoms with Crippen LogP contribution in [0.3, 0.4) is 0 Å². The summed E-state index contributed by atoms with van der Waals surface area (Å²) in [6.45, 7) is 1.92. The van der Waals surface area contributed by atoms with E-state index in [0.717, 1.165) is 5.56 Å². The van der Waals surface area contributed by atoms with Gasteiger partial charge in [0, 0.05) is 18.0 Å². The Hall–Kier alpha value is -3.59. The largest absolute Gasteiger partial charge is 0.463 e. The number of esters is 1. The number of allylic oxidation sites excluding steroid dienone is 1. The van der Waals surface area contributed by atoms with Crippen molar-refractivity contribution in [3.05, 3.63) is 83.0 Å². The first-order chi connectivity index (χ1) is 12.7. The molecule has 1 aromatic heterocycles. The van der Waals surface area contributed by atoms with E-state index in [2.05, 4.69) is 11.1 Å². The molecule has 6 nitrogen and oxygen atoms in total. The molecule has 0 aliphatic carbocycles. The van der Waals surface area contributed by atoms with Crippen LogP contribution in [-0.4, -0.2) is 17.6 Å². The number of pyridine rings is 1. The molecule has 1 aliphatic rings. The second-order valence-corrected chi connectivity index (χ2v) is 5.54. The zero-order valence-corrected chi connectivity index (χ0v) is 14.2. The van der Waals surface area contributed by atoms with Crippen LogP contribution in [0.4, 0.5) is 0 Å². The minimum atomic E-state index is -0.677. The van der Waals surface area contributed by atoms with E-state index in [9.17, 15) is 10.1 Å². The molecule has 0 spiro atoms. The van der Waals surface area contributed by atoms with Gasteiger partial charge < -0.3 is 15.2 Å². The fourth-order valence-electron chi connectivity index (χ4n) is 2.87. The van der Waals surface area contributed by atoms with Gasteiger partial charge >= 0.3 is 5.97 Å². The Balaban J connectivity index is 2.27. The molecule has 26 heavy (non-hydrogen) atoms. The van der Waals surface area contributed by atoms with Gasteiger partial charge in [0.25, 0.3) is 0 Å². The molecule has 130 valence electrons. The maximum atomic E-state index is 12.8. The summed E-state index contributed by atoms with van der Waals surface area (Å²) in [7, 11) is 0. The lowest BCUT2D eigenvalue weighted by molar-refractivity contribution is -0.138. The molecule has 2 N–H and O–H groups in total. The molecule has 0 saturated carbocycles. The number of benzene rings is 1. The first kappa shape index (κ1) is 17.2. The lowest BCUT2D eigenvalue weighted by Crippen LogP contribution is -2.25. The summed E-state index contributed by atoms with van der Waals surface area (Å²) >= 11 is 0. The molecule has 0 bridgehead atoms. The zero-order valence-electron chi connectivity index (χ0n) is 14.2. The molecule has 1 atom stereocenters. The highest BCUT2D eigenvalue weighted by atomic mass is 16.5. The van der Waals surface area contributed by atoms with Crippen LogP contribution in [0.1, 0.15) is 24.0 Å². The van der Waals surface area contributed by atoms with Crippen molar-refractivity contribution in [3.63, 3.8) is 0 Å². The molecule has 3 rings (SSSR count). The smallest absolute Gasteiger partial charge is 0.338 e. The van der Waals surface area contributed by atoms with Gasteiger partial charge in [0.05, 0.1) is 18.1 Å². The Morgan fingerprint density at radius 2 is 2.08 bits per heavy atom. The van der Waals surface area contributed by atoms with Crippen LogP contribution in [0.25, 0.3) is 5.76 Å². The van der Waals surface area contributed by atoms with Crippen LogP contribution in [0.15, 0.2) is 71.9 Å². The van der Waals surface area contributed by atoms with E-state index in [1.165, 1.54) is 0 Å². The normalized spacial score (nSPS) is 16.7. The van der Waals surface area contributed by atoms with Gasteiger partial charge in [-0.1, -0.05) is 30.3 Å². The molecule has 0 fully saturated rings. The van der Waals surface area contributed by atoms with Crippen LogP contribution in [0, 0.1) is 11.3 Å². The lowest BCUT2D eigenvalue weighted by Gasteiger charge is -2.28. The number of hydrogen-bond donors (Lipinski definition) is 1. The van der Waals surface area contributed by atoms with Gasteiger partial charge in [-0.15, -0.1) is 0 Å². The van der Waals surface area contributed by atoms with Gasteiger partial charge in [-0.25, -0.2) is 4.79 Å². The number of nitriles is 1. The standard InChI is InChI=1S/C20H17N3O3/c1-2-25-20(24)17-16(13-7-4-3-5-8-13)15(11-21)19(22)26-18(17)14-9-6-10-23-12-14/h3-10,12,16H,2,22H2,1H3. The number of aromatic nitrogens is 1. The number of carbonyl (C=O) groups excluding carboxylic acids is 1. The van der Waals surface area contributed by atoms with Crippen molar-refractivity contribution in [1.29, 1.82) is 5.26 Å². The van der Waals surface area contributed by atoms with E-state index in [0.29, 0.717) is 5.56 Å². The van der Waals surface area contributed by atoms with Crippen LogP contribution in [-0.2, 0) is 14.3 Å². The molecule has 2 aromatic rings. The average molecular weight is 347 g/mol. The number of nitrogens with two attached hydrogens (primary N) is 1. The minimum Gasteiger partial charge on any atom is -0.463 e. The second kappa shape index (κ2) is 7.53. The van der Waals surface area contributed by atoms with E-state index in [1.807, 2.05) is 30.3 Å². The monoisotopic (exact) mass is 347 g/mol. The van der Waals surface area contributed by atoms with Crippen LogP contribution < -0.4 is 5.73 Å². The van der Waals surface area contributed by atoms with Gasteiger partial charge in [0.2, 0.25) is 5.88 Å². The topological polar surface area (TPSA) is 98.2 Å². The molecule has 0 radical (unpaired) electrons. The number of nitrogens with zero attached hydrogens (tertiary/aromatic N) is 2. The predicted molar refractivity (Wildman–Crippen MR) is 94.9 cm³/mol. The Kier molecular flexibility index (Phi) is 4.99. The van der Waals surface area contributed by atoms with Gasteiger partial charge in [-0.3, -0.25) is 4.98 Å². The fraction of sp³-hybridized carbons (Fsp3) is 0.150. The first-order valence-corrected chi connectivity index (χ1v) is 8.11. The van der Waals surface area contributed by atoms with Gasteiger partial charge in [-0.05, 0) is 24.6 Å². The van der Waals surface area contributed by atoms with Crippen LogP contribution in [0.5, 0.6) is 0 Å². The zero-order chi connectivity index (χ0) is 18.5. The van der Waals surface area contributed by atoms with Gasteiger partial charge in [0.1, 0.15) is 17.4 Å². The third-order valence-corrected chi connectivity index (χ3v) is 3.97. The van der Waals surface area contributed by atoms with E-state index >= 15 is 0 Å². The number of ether oxygens (including phenoxy) is 2. The Morgan fingerprint density at radius 3 is 2.69 bits per heavy atom. The molecular formula is C20H17N3O3. The highest BCUT2D eigenvalue weighted by Gasteiger charge is 2.38. The molecular weight excluding hydrogens is 330 g/mol. The number of rotatable bonds is 4. The highest BCUT2D eigenvalue weighted by Crippen LogP contribution is 2.42. The molecule has 0 amide bonds. The van der Waals surface area contributed by atoms with Crippen molar-refractivity contribution in [2.45, 2.75) is 12.8 Å². The third kappa shape index (κ3) is 3.15. The summed E-state index contributed by atoms with van der Waals surface area (Å²) in [5.74, 6) is -1.01. The highest BCUT2D eigenvalue weighted by molar-refractivity contribution is 5.99. The predicted octanol–water partition coefficient (Wildman–Crippen LogP) is 2.86. The third-order valence-electron chi connectivity index (χ3n) is 3.97. The Morgan fingerprint density at radius 1 is 1.31 bits per heavy atom. The van der Waals surface area contributed by atoms with E-state index < -0.39 is 11.9 Å². The lowest BCUT2D eigenvalue weighted by atomic mass is 9.82. The summed E-state index contributed by atoms with van der Waals surface area (Å²) in [5.41, 5.74) is 7.75. The summed E-state index contributed by atoms with van der Waals surface area (Å²) in [5, 5.41) is 9.62. The van der Waals surface area contributed by atoms with Crippen molar-refractivity contribution in [2.24, 2.45) is 5.73 Å². The van der Waals surface area contributed by atoms with E-state index in [4.69, 9.17) is 15.2 Å². The minimum absolute atomic E-state index is 0.0340. The Labute approximate surface area is 151 Å². The van der Waals surface area contributed by atoms with Crippen molar-refractivity contribution < 1.29 is 14.3 Å². The maximum Gasteiger partial charge on any atom is 0.338 e. The second-order valence-electron chi connectivity index (χ2n) is 5.54. The first-order valence-electron chi connectivity index (χ1n) is 8.11. The molecule has 1 aliphatic heterocycles. The summed E-state index contributed by atoms with van der Waals surface area (Å²) in [6, 6.07) is 14.8.